The van der Waals surface area contributed by atoms with Crippen molar-refractivity contribution in [2.75, 3.05) is 0 Å². The van der Waals surface area contributed by atoms with E-state index in [1.165, 1.54) is 6.20 Å². The molecule has 0 atom stereocenters. The third kappa shape index (κ3) is 3.02. The standard InChI is InChI=1S/C11H6Cl4N2/c12-10-9(7-4-2-1-3-5-7)17-8(6-16-10)11(13,14)15/h1-6H. The van der Waals surface area contributed by atoms with Crippen molar-refractivity contribution >= 4 is 46.4 Å². The van der Waals surface area contributed by atoms with Crippen LogP contribution in [-0.4, -0.2) is 9.97 Å². The lowest BCUT2D eigenvalue weighted by Crippen LogP contribution is -2.05. The molecule has 0 N–H and O–H groups in total. The van der Waals surface area contributed by atoms with Crippen LogP contribution in [0, 0.1) is 0 Å². The van der Waals surface area contributed by atoms with Crippen molar-refractivity contribution in [3.63, 3.8) is 0 Å². The predicted molar refractivity (Wildman–Crippen MR) is 71.7 cm³/mol. The molecule has 6 heteroatoms. The summed E-state index contributed by atoms with van der Waals surface area (Å²) in [5.74, 6) is 0. The van der Waals surface area contributed by atoms with Crippen molar-refractivity contribution < 1.29 is 0 Å². The summed E-state index contributed by atoms with van der Waals surface area (Å²) in [6, 6.07) is 9.35. The largest absolute Gasteiger partial charge is 0.243 e. The first-order valence-electron chi connectivity index (χ1n) is 4.63. The Bertz CT molecular complexity index is 523. The molecule has 2 aromatic rings. The molecule has 1 aromatic carbocycles. The molecule has 0 aliphatic heterocycles. The molecule has 88 valence electrons. The van der Waals surface area contributed by atoms with Crippen LogP contribution in [0.15, 0.2) is 36.5 Å². The van der Waals surface area contributed by atoms with Gasteiger partial charge in [0.1, 0.15) is 11.4 Å². The van der Waals surface area contributed by atoms with E-state index in [9.17, 15) is 0 Å². The first-order valence-corrected chi connectivity index (χ1v) is 6.15. The first kappa shape index (κ1) is 12.9. The normalized spacial score (nSPS) is 11.5. The predicted octanol–water partition coefficient (Wildman–Crippen LogP) is 4.62. The maximum absolute atomic E-state index is 5.98. The van der Waals surface area contributed by atoms with Gasteiger partial charge in [-0.1, -0.05) is 76.7 Å². The van der Waals surface area contributed by atoms with Crippen LogP contribution < -0.4 is 0 Å². The maximum atomic E-state index is 5.98. The van der Waals surface area contributed by atoms with Crippen molar-refractivity contribution in [1.82, 2.24) is 9.97 Å². The van der Waals surface area contributed by atoms with Crippen LogP contribution in [0.25, 0.3) is 11.3 Å². The fourth-order valence-corrected chi connectivity index (χ4v) is 1.76. The van der Waals surface area contributed by atoms with Crippen molar-refractivity contribution in [1.29, 1.82) is 0 Å². The summed E-state index contributed by atoms with van der Waals surface area (Å²) in [6.07, 6.45) is 1.35. The monoisotopic (exact) mass is 306 g/mol. The number of rotatable bonds is 1. The van der Waals surface area contributed by atoms with Gasteiger partial charge < -0.3 is 0 Å². The highest BCUT2D eigenvalue weighted by molar-refractivity contribution is 6.66. The molecule has 0 saturated heterocycles. The first-order chi connectivity index (χ1) is 7.98. The van der Waals surface area contributed by atoms with Crippen molar-refractivity contribution in [3.8, 4) is 11.3 Å². The lowest BCUT2D eigenvalue weighted by atomic mass is 10.1. The van der Waals surface area contributed by atoms with Gasteiger partial charge in [-0.15, -0.1) is 0 Å². The van der Waals surface area contributed by atoms with Crippen LogP contribution in [0.3, 0.4) is 0 Å². The van der Waals surface area contributed by atoms with E-state index >= 15 is 0 Å². The molecule has 17 heavy (non-hydrogen) atoms. The van der Waals surface area contributed by atoms with E-state index in [1.54, 1.807) is 0 Å². The molecule has 0 spiro atoms. The number of alkyl halides is 3. The Morgan fingerprint density at radius 1 is 1.00 bits per heavy atom. The van der Waals surface area contributed by atoms with E-state index in [0.29, 0.717) is 5.69 Å². The van der Waals surface area contributed by atoms with Gasteiger partial charge in [-0.25, -0.2) is 9.97 Å². The topological polar surface area (TPSA) is 25.8 Å². The van der Waals surface area contributed by atoms with Gasteiger partial charge in [0.25, 0.3) is 0 Å². The summed E-state index contributed by atoms with van der Waals surface area (Å²) in [5, 5.41) is 0.272. The van der Waals surface area contributed by atoms with Crippen LogP contribution in [0.2, 0.25) is 5.15 Å². The number of nitrogens with zero attached hydrogens (tertiary/aromatic N) is 2. The van der Waals surface area contributed by atoms with Crippen LogP contribution in [-0.2, 0) is 3.79 Å². The number of benzene rings is 1. The number of aromatic nitrogens is 2. The highest BCUT2D eigenvalue weighted by Gasteiger charge is 2.26. The van der Waals surface area contributed by atoms with Gasteiger partial charge in [0, 0.05) is 5.56 Å². The number of halogens is 4. The lowest BCUT2D eigenvalue weighted by molar-refractivity contribution is 1.04. The molecule has 0 amide bonds. The molecule has 0 bridgehead atoms. The number of hydrogen-bond acceptors (Lipinski definition) is 2. The van der Waals surface area contributed by atoms with Crippen LogP contribution in [0.5, 0.6) is 0 Å². The molecule has 0 aliphatic carbocycles. The van der Waals surface area contributed by atoms with E-state index in [-0.39, 0.29) is 10.8 Å². The SMILES string of the molecule is Clc1ncc(C(Cl)(Cl)Cl)nc1-c1ccccc1. The molecule has 1 heterocycles. The summed E-state index contributed by atoms with van der Waals surface area (Å²) < 4.78 is -1.61. The molecule has 0 saturated carbocycles. The zero-order valence-electron chi connectivity index (χ0n) is 8.37. The van der Waals surface area contributed by atoms with Crippen LogP contribution in [0.4, 0.5) is 0 Å². The second kappa shape index (κ2) is 4.99. The van der Waals surface area contributed by atoms with Gasteiger partial charge in [-0.2, -0.15) is 0 Å². The van der Waals surface area contributed by atoms with E-state index in [2.05, 4.69) is 9.97 Å². The summed E-state index contributed by atoms with van der Waals surface area (Å²) in [4.78, 5) is 8.20. The Morgan fingerprint density at radius 2 is 1.65 bits per heavy atom. The third-order valence-corrected chi connectivity index (χ3v) is 2.92. The fraction of sp³-hybridized carbons (Fsp3) is 0.0909. The molecule has 2 rings (SSSR count). The minimum absolute atomic E-state index is 0.241. The number of hydrogen-bond donors (Lipinski definition) is 0. The third-order valence-electron chi connectivity index (χ3n) is 2.07. The van der Waals surface area contributed by atoms with E-state index in [4.69, 9.17) is 46.4 Å². The quantitative estimate of drug-likeness (QED) is 0.718. The van der Waals surface area contributed by atoms with E-state index in [1.807, 2.05) is 30.3 Å². The van der Waals surface area contributed by atoms with E-state index in [0.717, 1.165) is 5.56 Å². The molecule has 0 radical (unpaired) electrons. The van der Waals surface area contributed by atoms with Crippen molar-refractivity contribution in [3.05, 3.63) is 47.4 Å². The van der Waals surface area contributed by atoms with Gasteiger partial charge in [-0.3, -0.25) is 0 Å². The highest BCUT2D eigenvalue weighted by Crippen LogP contribution is 2.38. The summed E-state index contributed by atoms with van der Waals surface area (Å²) in [7, 11) is 0. The average molecular weight is 308 g/mol. The Morgan fingerprint density at radius 3 is 2.24 bits per heavy atom. The second-order valence-corrected chi connectivity index (χ2v) is 5.90. The summed E-state index contributed by atoms with van der Waals surface area (Å²) >= 11 is 23.2. The highest BCUT2D eigenvalue weighted by atomic mass is 35.6. The minimum Gasteiger partial charge on any atom is -0.243 e. The van der Waals surface area contributed by atoms with Gasteiger partial charge in [-0.05, 0) is 0 Å². The molecule has 0 aliphatic rings. The van der Waals surface area contributed by atoms with Crippen LogP contribution in [0.1, 0.15) is 5.69 Å². The van der Waals surface area contributed by atoms with Crippen molar-refractivity contribution in [2.24, 2.45) is 0 Å². The van der Waals surface area contributed by atoms with E-state index < -0.39 is 3.79 Å². The average Bonchev–Trinajstić information content (AvgIpc) is 2.29. The minimum atomic E-state index is -1.61. The van der Waals surface area contributed by atoms with Gasteiger partial charge in [0.05, 0.1) is 6.20 Å². The molecular weight excluding hydrogens is 302 g/mol. The summed E-state index contributed by atoms with van der Waals surface area (Å²) in [6.45, 7) is 0. The molecule has 2 nitrogen and oxygen atoms in total. The van der Waals surface area contributed by atoms with Crippen LogP contribution >= 0.6 is 46.4 Å². The maximum Gasteiger partial charge on any atom is 0.234 e. The lowest BCUT2D eigenvalue weighted by Gasteiger charge is -2.11. The Kier molecular flexibility index (Phi) is 3.79. The molecule has 1 aromatic heterocycles. The fourth-order valence-electron chi connectivity index (χ4n) is 1.29. The zero-order valence-corrected chi connectivity index (χ0v) is 11.4. The van der Waals surface area contributed by atoms with Gasteiger partial charge >= 0.3 is 0 Å². The molecule has 0 fully saturated rings. The van der Waals surface area contributed by atoms with Crippen molar-refractivity contribution in [2.45, 2.75) is 3.79 Å². The summed E-state index contributed by atoms with van der Waals surface area (Å²) in [5.41, 5.74) is 1.56. The Labute approximate surface area is 119 Å². The Hall–Kier alpha value is -0.540. The van der Waals surface area contributed by atoms with Gasteiger partial charge in [0.2, 0.25) is 3.79 Å². The second-order valence-electron chi connectivity index (χ2n) is 3.26. The smallest absolute Gasteiger partial charge is 0.234 e. The molecular formula is C11H6Cl4N2. The zero-order chi connectivity index (χ0) is 12.5. The van der Waals surface area contributed by atoms with Gasteiger partial charge in [0.15, 0.2) is 5.15 Å². The molecule has 0 unspecified atom stereocenters. The Balaban J connectivity index is 2.55.